The normalized spacial score (nSPS) is 24.6. The summed E-state index contributed by atoms with van der Waals surface area (Å²) in [4.78, 5) is 13.8. The van der Waals surface area contributed by atoms with Crippen LogP contribution < -0.4 is 10.6 Å². The van der Waals surface area contributed by atoms with E-state index in [9.17, 15) is 4.79 Å². The summed E-state index contributed by atoms with van der Waals surface area (Å²) in [5.41, 5.74) is 0. The Bertz CT molecular complexity index is 378. The van der Waals surface area contributed by atoms with Crippen molar-refractivity contribution in [2.75, 3.05) is 20.2 Å². The molecule has 2 N–H and O–H groups in total. The smallest absolute Gasteiger partial charge is 0.261 e. The Morgan fingerprint density at radius 3 is 3.00 bits per heavy atom. The van der Waals surface area contributed by atoms with Gasteiger partial charge in [0.05, 0.1) is 17.0 Å². The van der Waals surface area contributed by atoms with Crippen molar-refractivity contribution >= 4 is 17.2 Å². The number of hydrogen-bond acceptors (Lipinski definition) is 4. The van der Waals surface area contributed by atoms with Gasteiger partial charge < -0.3 is 15.4 Å². The first-order valence-corrected chi connectivity index (χ1v) is 6.13. The minimum atomic E-state index is -0.00569. The molecule has 4 nitrogen and oxygen atoms in total. The van der Waals surface area contributed by atoms with Crippen molar-refractivity contribution < 1.29 is 9.53 Å². The molecule has 1 fully saturated rings. The molecule has 2 atom stereocenters. The minimum absolute atomic E-state index is 0.00569. The number of aryl methyl sites for hydroxylation is 1. The Morgan fingerprint density at radius 1 is 1.56 bits per heavy atom. The van der Waals surface area contributed by atoms with Crippen molar-refractivity contribution in [3.63, 3.8) is 0 Å². The molecule has 1 aromatic rings. The van der Waals surface area contributed by atoms with E-state index in [1.165, 1.54) is 11.3 Å². The van der Waals surface area contributed by atoms with Crippen molar-refractivity contribution in [1.82, 2.24) is 10.6 Å². The molecule has 1 aliphatic heterocycles. The largest absolute Gasteiger partial charge is 0.378 e. The molecule has 5 heteroatoms. The third kappa shape index (κ3) is 2.42. The zero-order chi connectivity index (χ0) is 11.5. The Balaban J connectivity index is 1.97. The molecular formula is C11H16N2O2S. The van der Waals surface area contributed by atoms with Gasteiger partial charge in [-0.25, -0.2) is 0 Å². The Morgan fingerprint density at radius 2 is 2.38 bits per heavy atom. The molecule has 2 heterocycles. The highest BCUT2D eigenvalue weighted by molar-refractivity contribution is 7.13. The number of ether oxygens (including phenoxy) is 1. The molecule has 88 valence electrons. The molecule has 0 saturated carbocycles. The van der Waals surface area contributed by atoms with Crippen molar-refractivity contribution in [2.24, 2.45) is 0 Å². The van der Waals surface area contributed by atoms with Crippen LogP contribution in [0.15, 0.2) is 12.1 Å². The monoisotopic (exact) mass is 240 g/mol. The lowest BCUT2D eigenvalue weighted by atomic mass is 10.2. The predicted octanol–water partition coefficient (Wildman–Crippen LogP) is 0.773. The Labute approximate surface area is 99.0 Å². The lowest BCUT2D eigenvalue weighted by molar-refractivity contribution is 0.0783. The molecule has 1 unspecified atom stereocenters. The van der Waals surface area contributed by atoms with Gasteiger partial charge in [0.2, 0.25) is 0 Å². The van der Waals surface area contributed by atoms with Gasteiger partial charge in [-0.2, -0.15) is 0 Å². The van der Waals surface area contributed by atoms with Crippen LogP contribution in [0.2, 0.25) is 0 Å². The molecule has 0 aromatic carbocycles. The van der Waals surface area contributed by atoms with Gasteiger partial charge in [-0.1, -0.05) is 0 Å². The molecule has 0 spiro atoms. The summed E-state index contributed by atoms with van der Waals surface area (Å²) in [6.07, 6.45) is 0.0741. The topological polar surface area (TPSA) is 50.4 Å². The van der Waals surface area contributed by atoms with Gasteiger partial charge in [-0.3, -0.25) is 4.79 Å². The molecule has 16 heavy (non-hydrogen) atoms. The van der Waals surface area contributed by atoms with Gasteiger partial charge in [0.15, 0.2) is 0 Å². The molecule has 0 bridgehead atoms. The van der Waals surface area contributed by atoms with E-state index in [1.807, 2.05) is 19.1 Å². The molecule has 1 saturated heterocycles. The van der Waals surface area contributed by atoms with Crippen molar-refractivity contribution in [2.45, 2.75) is 19.1 Å². The second-order valence-electron chi connectivity index (χ2n) is 3.92. The van der Waals surface area contributed by atoms with Gasteiger partial charge in [0.25, 0.3) is 5.91 Å². The van der Waals surface area contributed by atoms with E-state index in [1.54, 1.807) is 7.11 Å². The van der Waals surface area contributed by atoms with Crippen LogP contribution in [0.3, 0.4) is 0 Å². The number of amides is 1. The zero-order valence-electron chi connectivity index (χ0n) is 9.45. The van der Waals surface area contributed by atoms with Gasteiger partial charge in [0.1, 0.15) is 0 Å². The van der Waals surface area contributed by atoms with E-state index in [2.05, 4.69) is 10.6 Å². The maximum Gasteiger partial charge on any atom is 0.261 e. The van der Waals surface area contributed by atoms with Crippen LogP contribution >= 0.6 is 11.3 Å². The SMILES string of the molecule is CO[C@H]1CNCC1NC(=O)c1ccc(C)s1. The molecule has 2 rings (SSSR count). The van der Waals surface area contributed by atoms with Gasteiger partial charge in [0, 0.05) is 25.1 Å². The number of rotatable bonds is 3. The van der Waals surface area contributed by atoms with E-state index in [4.69, 9.17) is 4.74 Å². The van der Waals surface area contributed by atoms with E-state index >= 15 is 0 Å². The average molecular weight is 240 g/mol. The first kappa shape index (κ1) is 11.6. The van der Waals surface area contributed by atoms with Crippen molar-refractivity contribution in [3.8, 4) is 0 Å². The highest BCUT2D eigenvalue weighted by Crippen LogP contribution is 2.15. The van der Waals surface area contributed by atoms with Crippen LogP contribution in [0.5, 0.6) is 0 Å². The number of carbonyl (C=O) groups is 1. The third-order valence-corrected chi connectivity index (χ3v) is 3.74. The first-order chi connectivity index (χ1) is 7.70. The Hall–Kier alpha value is -0.910. The highest BCUT2D eigenvalue weighted by Gasteiger charge is 2.28. The first-order valence-electron chi connectivity index (χ1n) is 5.31. The molecule has 1 amide bonds. The molecule has 0 aliphatic carbocycles. The maximum absolute atomic E-state index is 11.9. The summed E-state index contributed by atoms with van der Waals surface area (Å²) >= 11 is 1.51. The van der Waals surface area contributed by atoms with E-state index in [-0.39, 0.29) is 18.1 Å². The number of methoxy groups -OCH3 is 1. The molecular weight excluding hydrogens is 224 g/mol. The highest BCUT2D eigenvalue weighted by atomic mass is 32.1. The predicted molar refractivity (Wildman–Crippen MR) is 64.0 cm³/mol. The van der Waals surface area contributed by atoms with Crippen molar-refractivity contribution in [1.29, 1.82) is 0 Å². The van der Waals surface area contributed by atoms with Gasteiger partial charge in [-0.05, 0) is 19.1 Å². The second-order valence-corrected chi connectivity index (χ2v) is 5.21. The summed E-state index contributed by atoms with van der Waals surface area (Å²) in [5, 5.41) is 6.19. The fourth-order valence-corrected chi connectivity index (χ4v) is 2.61. The number of nitrogens with one attached hydrogen (secondary N) is 2. The Kier molecular flexibility index (Phi) is 3.58. The lowest BCUT2D eigenvalue weighted by Crippen LogP contribution is -2.43. The maximum atomic E-state index is 11.9. The van der Waals surface area contributed by atoms with Crippen molar-refractivity contribution in [3.05, 3.63) is 21.9 Å². The summed E-state index contributed by atoms with van der Waals surface area (Å²) < 4.78 is 5.29. The fraction of sp³-hybridized carbons (Fsp3) is 0.545. The van der Waals surface area contributed by atoms with Crippen LogP contribution in [-0.4, -0.2) is 38.3 Å². The van der Waals surface area contributed by atoms with E-state index < -0.39 is 0 Å². The minimum Gasteiger partial charge on any atom is -0.378 e. The van der Waals surface area contributed by atoms with Gasteiger partial charge >= 0.3 is 0 Å². The van der Waals surface area contributed by atoms with Crippen LogP contribution in [0.4, 0.5) is 0 Å². The standard InChI is InChI=1S/C11H16N2O2S/c1-7-3-4-10(16-7)11(14)13-8-5-12-6-9(8)15-2/h3-4,8-9,12H,5-6H2,1-2H3,(H,13,14)/t8?,9-/m0/s1. The van der Waals surface area contributed by atoms with Crippen LogP contribution in [0, 0.1) is 6.92 Å². The zero-order valence-corrected chi connectivity index (χ0v) is 10.3. The molecule has 0 radical (unpaired) electrons. The quantitative estimate of drug-likeness (QED) is 0.820. The summed E-state index contributed by atoms with van der Waals surface area (Å²) in [6, 6.07) is 3.89. The van der Waals surface area contributed by atoms with Gasteiger partial charge in [-0.15, -0.1) is 11.3 Å². The summed E-state index contributed by atoms with van der Waals surface area (Å²) in [7, 11) is 1.67. The number of hydrogen-bond donors (Lipinski definition) is 2. The van der Waals surface area contributed by atoms with E-state index in [0.29, 0.717) is 0 Å². The summed E-state index contributed by atoms with van der Waals surface area (Å²) in [5.74, 6) is -0.00569. The van der Waals surface area contributed by atoms with E-state index in [0.717, 1.165) is 22.8 Å². The number of thiophene rings is 1. The van der Waals surface area contributed by atoms with Crippen LogP contribution in [-0.2, 0) is 4.74 Å². The average Bonchev–Trinajstić information content (AvgIpc) is 2.86. The lowest BCUT2D eigenvalue weighted by Gasteiger charge is -2.17. The second kappa shape index (κ2) is 4.95. The molecule has 1 aromatic heterocycles. The van der Waals surface area contributed by atoms with Crippen LogP contribution in [0.1, 0.15) is 14.5 Å². The molecule has 1 aliphatic rings. The third-order valence-electron chi connectivity index (χ3n) is 2.74. The number of carbonyl (C=O) groups excluding carboxylic acids is 1. The van der Waals surface area contributed by atoms with Crippen LogP contribution in [0.25, 0.3) is 0 Å². The summed E-state index contributed by atoms with van der Waals surface area (Å²) in [6.45, 7) is 3.57. The fourth-order valence-electron chi connectivity index (χ4n) is 1.84.